The highest BCUT2D eigenvalue weighted by molar-refractivity contribution is 6.30. The predicted octanol–water partition coefficient (Wildman–Crippen LogP) is 5.50. The lowest BCUT2D eigenvalue weighted by atomic mass is 9.88. The molecule has 2 heterocycles. The van der Waals surface area contributed by atoms with Gasteiger partial charge in [-0.1, -0.05) is 59.6 Å². The van der Waals surface area contributed by atoms with Gasteiger partial charge in [-0.2, -0.15) is 0 Å². The molecule has 0 spiro atoms. The number of carbonyl (C=O) groups excluding carboxylic acids is 1. The number of benzene rings is 2. The van der Waals surface area contributed by atoms with Crippen molar-refractivity contribution < 1.29 is 4.79 Å². The van der Waals surface area contributed by atoms with E-state index in [-0.39, 0.29) is 5.91 Å². The summed E-state index contributed by atoms with van der Waals surface area (Å²) in [6.07, 6.45) is 6.13. The van der Waals surface area contributed by atoms with E-state index in [2.05, 4.69) is 30.3 Å². The van der Waals surface area contributed by atoms with Gasteiger partial charge in [-0.05, 0) is 66.1 Å². The zero-order valence-electron chi connectivity index (χ0n) is 17.5. The molecule has 156 valence electrons. The maximum absolute atomic E-state index is 12.9. The topological polar surface area (TPSA) is 33.2 Å². The van der Waals surface area contributed by atoms with Crippen molar-refractivity contribution in [2.45, 2.75) is 32.1 Å². The highest BCUT2D eigenvalue weighted by atomic mass is 35.5. The van der Waals surface area contributed by atoms with Crippen LogP contribution in [0, 0.1) is 0 Å². The van der Waals surface area contributed by atoms with E-state index in [1.807, 2.05) is 41.4 Å². The number of aromatic nitrogens is 1. The molecule has 2 aromatic carbocycles. The average molecular weight is 429 g/mol. The van der Waals surface area contributed by atoms with E-state index >= 15 is 0 Å². The van der Waals surface area contributed by atoms with E-state index in [0.717, 1.165) is 50.0 Å². The molecule has 0 unspecified atom stereocenters. The zero-order chi connectivity index (χ0) is 21.2. The van der Waals surface area contributed by atoms with Crippen LogP contribution in [0.1, 0.15) is 40.8 Å². The molecule has 5 rings (SSSR count). The summed E-state index contributed by atoms with van der Waals surface area (Å²) in [5, 5.41) is 0.675. The van der Waals surface area contributed by atoms with Crippen molar-refractivity contribution in [3.63, 3.8) is 0 Å². The van der Waals surface area contributed by atoms with Crippen LogP contribution in [0.2, 0.25) is 5.02 Å². The molecule has 1 saturated heterocycles. The van der Waals surface area contributed by atoms with Gasteiger partial charge in [-0.25, -0.2) is 0 Å². The number of carbonyl (C=O) groups is 1. The summed E-state index contributed by atoms with van der Waals surface area (Å²) < 4.78 is 0. The molecule has 1 amide bonds. The van der Waals surface area contributed by atoms with Gasteiger partial charge in [0.15, 0.2) is 0 Å². The first-order chi connectivity index (χ1) is 15.2. The van der Waals surface area contributed by atoms with Crippen molar-refractivity contribution in [3.05, 3.63) is 105 Å². The maximum atomic E-state index is 12.9. The SMILES string of the molecule is O=C(Cc1cccc(Cl)c1)N1CCC(=C2c3ccccc3CCc3cccnc32)CC1. The summed E-state index contributed by atoms with van der Waals surface area (Å²) in [5.41, 5.74) is 8.84. The van der Waals surface area contributed by atoms with E-state index in [1.165, 1.54) is 27.8 Å². The summed E-state index contributed by atoms with van der Waals surface area (Å²) in [4.78, 5) is 19.7. The van der Waals surface area contributed by atoms with Gasteiger partial charge in [0.2, 0.25) is 5.91 Å². The van der Waals surface area contributed by atoms with Crippen LogP contribution in [0.5, 0.6) is 0 Å². The van der Waals surface area contributed by atoms with Crippen molar-refractivity contribution >= 4 is 23.1 Å². The highest BCUT2D eigenvalue weighted by Crippen LogP contribution is 2.37. The van der Waals surface area contributed by atoms with Crippen LogP contribution in [0.15, 0.2) is 72.4 Å². The van der Waals surface area contributed by atoms with Crippen molar-refractivity contribution in [2.24, 2.45) is 0 Å². The summed E-state index contributed by atoms with van der Waals surface area (Å²) in [6.45, 7) is 1.51. The lowest BCUT2D eigenvalue weighted by Crippen LogP contribution is -2.37. The number of halogens is 1. The molecule has 3 nitrogen and oxygen atoms in total. The van der Waals surface area contributed by atoms with E-state index < -0.39 is 0 Å². The minimum Gasteiger partial charge on any atom is -0.342 e. The van der Waals surface area contributed by atoms with Crippen LogP contribution < -0.4 is 0 Å². The molecule has 0 N–H and O–H groups in total. The standard InChI is InChI=1S/C27H25ClN2O/c28-23-8-3-5-19(17-23)18-25(31)30-15-12-21(13-16-30)26-24-9-2-1-6-20(24)10-11-22-7-4-14-29-27(22)26/h1-9,14,17H,10-13,15-16,18H2. The molecule has 1 aliphatic carbocycles. The minimum atomic E-state index is 0.172. The lowest BCUT2D eigenvalue weighted by Gasteiger charge is -2.30. The Bertz CT molecular complexity index is 1110. The minimum absolute atomic E-state index is 0.172. The van der Waals surface area contributed by atoms with Crippen molar-refractivity contribution in [2.75, 3.05) is 13.1 Å². The van der Waals surface area contributed by atoms with Crippen LogP contribution in [0.3, 0.4) is 0 Å². The number of piperidine rings is 1. The smallest absolute Gasteiger partial charge is 0.227 e. The molecule has 1 fully saturated rings. The number of likely N-dealkylation sites (tertiary alicyclic amines) is 1. The molecule has 0 radical (unpaired) electrons. The van der Waals surface area contributed by atoms with E-state index in [4.69, 9.17) is 16.6 Å². The second kappa shape index (κ2) is 8.68. The number of amides is 1. The predicted molar refractivity (Wildman–Crippen MR) is 125 cm³/mol. The Balaban J connectivity index is 1.41. The normalized spacial score (nSPS) is 15.8. The first-order valence-electron chi connectivity index (χ1n) is 11.0. The van der Waals surface area contributed by atoms with Crippen molar-refractivity contribution in [3.8, 4) is 0 Å². The van der Waals surface area contributed by atoms with Gasteiger partial charge in [0.25, 0.3) is 0 Å². The monoisotopic (exact) mass is 428 g/mol. The van der Waals surface area contributed by atoms with Gasteiger partial charge < -0.3 is 4.90 Å². The van der Waals surface area contributed by atoms with Gasteiger partial charge in [-0.3, -0.25) is 9.78 Å². The van der Waals surface area contributed by atoms with Gasteiger partial charge in [0.1, 0.15) is 0 Å². The van der Waals surface area contributed by atoms with Gasteiger partial charge in [0, 0.05) is 29.9 Å². The molecule has 4 heteroatoms. The molecule has 1 aliphatic heterocycles. The van der Waals surface area contributed by atoms with E-state index in [0.29, 0.717) is 11.4 Å². The number of rotatable bonds is 2. The highest BCUT2D eigenvalue weighted by Gasteiger charge is 2.26. The Morgan fingerprint density at radius 2 is 1.68 bits per heavy atom. The second-order valence-corrected chi connectivity index (χ2v) is 8.77. The van der Waals surface area contributed by atoms with E-state index in [1.54, 1.807) is 0 Å². The average Bonchev–Trinajstić information content (AvgIpc) is 2.96. The Morgan fingerprint density at radius 1 is 0.903 bits per heavy atom. The van der Waals surface area contributed by atoms with Crippen LogP contribution in [0.25, 0.3) is 5.57 Å². The third-order valence-corrected chi connectivity index (χ3v) is 6.63. The van der Waals surface area contributed by atoms with Crippen LogP contribution >= 0.6 is 11.6 Å². The fourth-order valence-corrected chi connectivity index (χ4v) is 5.02. The third kappa shape index (κ3) is 4.15. The quantitative estimate of drug-likeness (QED) is 0.540. The number of hydrogen-bond donors (Lipinski definition) is 0. The number of aryl methyl sites for hydroxylation is 2. The molecule has 1 aromatic heterocycles. The number of pyridine rings is 1. The van der Waals surface area contributed by atoms with Crippen molar-refractivity contribution in [1.29, 1.82) is 0 Å². The summed E-state index contributed by atoms with van der Waals surface area (Å²) in [7, 11) is 0. The Kier molecular flexibility index (Phi) is 5.61. The summed E-state index contributed by atoms with van der Waals surface area (Å²) in [6, 6.07) is 20.5. The fourth-order valence-electron chi connectivity index (χ4n) is 4.81. The summed E-state index contributed by atoms with van der Waals surface area (Å²) in [5.74, 6) is 0.172. The Labute approximate surface area is 188 Å². The molecular weight excluding hydrogens is 404 g/mol. The molecule has 31 heavy (non-hydrogen) atoms. The third-order valence-electron chi connectivity index (χ3n) is 6.40. The van der Waals surface area contributed by atoms with Crippen LogP contribution in [-0.4, -0.2) is 28.9 Å². The maximum Gasteiger partial charge on any atom is 0.227 e. The first kappa shape index (κ1) is 20.0. The second-order valence-electron chi connectivity index (χ2n) is 8.33. The van der Waals surface area contributed by atoms with E-state index in [9.17, 15) is 4.79 Å². The molecule has 2 aliphatic rings. The Morgan fingerprint density at radius 3 is 2.52 bits per heavy atom. The van der Waals surface area contributed by atoms with Crippen LogP contribution in [-0.2, 0) is 24.1 Å². The molecule has 0 bridgehead atoms. The number of fused-ring (bicyclic) bond motifs is 2. The zero-order valence-corrected chi connectivity index (χ0v) is 18.2. The van der Waals surface area contributed by atoms with Crippen LogP contribution in [0.4, 0.5) is 0 Å². The van der Waals surface area contributed by atoms with Gasteiger partial charge >= 0.3 is 0 Å². The van der Waals surface area contributed by atoms with Gasteiger partial charge in [-0.15, -0.1) is 0 Å². The lowest BCUT2D eigenvalue weighted by molar-refractivity contribution is -0.130. The number of hydrogen-bond acceptors (Lipinski definition) is 2. The molecule has 3 aromatic rings. The van der Waals surface area contributed by atoms with Gasteiger partial charge in [0.05, 0.1) is 12.1 Å². The molecular formula is C27H25ClN2O. The largest absolute Gasteiger partial charge is 0.342 e. The fraction of sp³-hybridized carbons (Fsp3) is 0.259. The number of nitrogens with zero attached hydrogens (tertiary/aromatic N) is 2. The molecule has 0 atom stereocenters. The molecule has 0 saturated carbocycles. The van der Waals surface area contributed by atoms with Crippen molar-refractivity contribution in [1.82, 2.24) is 9.88 Å². The first-order valence-corrected chi connectivity index (χ1v) is 11.3. The Hall–Kier alpha value is -2.91. The summed E-state index contributed by atoms with van der Waals surface area (Å²) >= 11 is 6.08.